The number of benzene rings is 1. The highest BCUT2D eigenvalue weighted by Gasteiger charge is 2.32. The second kappa shape index (κ2) is 7.60. The first kappa shape index (κ1) is 17.2. The lowest BCUT2D eigenvalue weighted by molar-refractivity contribution is 0.0759. The summed E-state index contributed by atoms with van der Waals surface area (Å²) in [6.07, 6.45) is 2.10. The van der Waals surface area contributed by atoms with E-state index in [0.717, 1.165) is 39.0 Å². The number of para-hydroxylation sites is 1. The number of anilines is 1. The van der Waals surface area contributed by atoms with E-state index in [9.17, 15) is 9.59 Å². The monoisotopic (exact) mass is 369 g/mol. The lowest BCUT2D eigenvalue weighted by atomic mass is 9.92. The van der Waals surface area contributed by atoms with Crippen LogP contribution in [0.1, 0.15) is 33.6 Å². The molecular formula is C20H23N3O2S. The third-order valence-corrected chi connectivity index (χ3v) is 6.18. The number of rotatable bonds is 3. The van der Waals surface area contributed by atoms with Gasteiger partial charge in [0.2, 0.25) is 0 Å². The fourth-order valence-corrected chi connectivity index (χ4v) is 4.59. The Balaban J connectivity index is 1.50. The first-order valence-corrected chi connectivity index (χ1v) is 10.1. The molecule has 6 heteroatoms. The summed E-state index contributed by atoms with van der Waals surface area (Å²) >= 11 is 1.48. The van der Waals surface area contributed by atoms with Crippen LogP contribution in [0.4, 0.5) is 5.69 Å². The molecule has 136 valence electrons. The Hall–Kier alpha value is -2.18. The van der Waals surface area contributed by atoms with Crippen LogP contribution in [0.2, 0.25) is 0 Å². The molecule has 2 atom stereocenters. The minimum Gasteiger partial charge on any atom is -0.339 e. The fraction of sp³-hybridized carbons (Fsp3) is 0.400. The van der Waals surface area contributed by atoms with Gasteiger partial charge in [0.1, 0.15) is 0 Å². The summed E-state index contributed by atoms with van der Waals surface area (Å²) in [7, 11) is 0. The summed E-state index contributed by atoms with van der Waals surface area (Å²) in [5, 5.41) is 10.0. The lowest BCUT2D eigenvalue weighted by Crippen LogP contribution is -2.33. The van der Waals surface area contributed by atoms with Gasteiger partial charge in [-0.05, 0) is 61.3 Å². The molecule has 0 radical (unpaired) electrons. The van der Waals surface area contributed by atoms with Gasteiger partial charge in [-0.15, -0.1) is 0 Å². The molecule has 5 nitrogen and oxygen atoms in total. The summed E-state index contributed by atoms with van der Waals surface area (Å²) in [5.74, 6) is 1.20. The molecule has 26 heavy (non-hydrogen) atoms. The van der Waals surface area contributed by atoms with Crippen LogP contribution in [0.15, 0.2) is 41.1 Å². The highest BCUT2D eigenvalue weighted by Crippen LogP contribution is 2.28. The van der Waals surface area contributed by atoms with Crippen molar-refractivity contribution in [3.05, 3.63) is 52.2 Å². The number of nitrogens with one attached hydrogen (secondary N) is 2. The Morgan fingerprint density at radius 1 is 1.08 bits per heavy atom. The Morgan fingerprint density at radius 3 is 2.50 bits per heavy atom. The van der Waals surface area contributed by atoms with Gasteiger partial charge in [-0.25, -0.2) is 0 Å². The maximum Gasteiger partial charge on any atom is 0.256 e. The molecule has 4 rings (SSSR count). The number of nitrogens with zero attached hydrogens (tertiary/aromatic N) is 1. The molecule has 1 aromatic carbocycles. The molecule has 3 heterocycles. The molecule has 0 spiro atoms. The lowest BCUT2D eigenvalue weighted by Gasteiger charge is -2.22. The molecular weight excluding hydrogens is 346 g/mol. The number of carbonyl (C=O) groups is 2. The summed E-state index contributed by atoms with van der Waals surface area (Å²) in [4.78, 5) is 27.5. The largest absolute Gasteiger partial charge is 0.339 e. The number of hydrogen-bond acceptors (Lipinski definition) is 4. The van der Waals surface area contributed by atoms with Crippen LogP contribution in [0.5, 0.6) is 0 Å². The highest BCUT2D eigenvalue weighted by atomic mass is 32.1. The minimum absolute atomic E-state index is 0.0131. The molecule has 2 aliphatic heterocycles. The first-order chi connectivity index (χ1) is 12.7. The van der Waals surface area contributed by atoms with Crippen molar-refractivity contribution >= 4 is 28.8 Å². The average molecular weight is 369 g/mol. The van der Waals surface area contributed by atoms with Crippen LogP contribution >= 0.6 is 11.3 Å². The van der Waals surface area contributed by atoms with Crippen molar-refractivity contribution in [3.8, 4) is 0 Å². The van der Waals surface area contributed by atoms with E-state index in [4.69, 9.17) is 0 Å². The number of thiophene rings is 1. The number of hydrogen-bond donors (Lipinski definition) is 2. The van der Waals surface area contributed by atoms with Gasteiger partial charge in [0, 0.05) is 18.5 Å². The number of likely N-dealkylation sites (tertiary alicyclic amines) is 1. The van der Waals surface area contributed by atoms with Crippen LogP contribution in [0.25, 0.3) is 0 Å². The third kappa shape index (κ3) is 3.52. The topological polar surface area (TPSA) is 61.4 Å². The fourth-order valence-electron chi connectivity index (χ4n) is 3.96. The predicted molar refractivity (Wildman–Crippen MR) is 104 cm³/mol. The van der Waals surface area contributed by atoms with Gasteiger partial charge in [0.05, 0.1) is 16.8 Å². The van der Waals surface area contributed by atoms with Crippen LogP contribution in [-0.2, 0) is 0 Å². The van der Waals surface area contributed by atoms with Gasteiger partial charge in [0.15, 0.2) is 0 Å². The van der Waals surface area contributed by atoms with Crippen molar-refractivity contribution in [1.82, 2.24) is 10.2 Å². The first-order valence-electron chi connectivity index (χ1n) is 9.15. The number of carbonyl (C=O) groups excluding carboxylic acids is 2. The zero-order chi connectivity index (χ0) is 17.9. The van der Waals surface area contributed by atoms with E-state index in [1.54, 1.807) is 23.6 Å². The Labute approximate surface area is 157 Å². The van der Waals surface area contributed by atoms with E-state index in [1.165, 1.54) is 11.3 Å². The van der Waals surface area contributed by atoms with E-state index in [1.807, 2.05) is 22.4 Å². The van der Waals surface area contributed by atoms with Gasteiger partial charge in [0.25, 0.3) is 11.8 Å². The number of amides is 2. The summed E-state index contributed by atoms with van der Waals surface area (Å²) in [6, 6.07) is 9.08. The molecule has 0 unspecified atom stereocenters. The summed E-state index contributed by atoms with van der Waals surface area (Å²) < 4.78 is 0. The Bertz CT molecular complexity index is 776. The Morgan fingerprint density at radius 2 is 1.81 bits per heavy atom. The highest BCUT2D eigenvalue weighted by molar-refractivity contribution is 7.08. The van der Waals surface area contributed by atoms with Crippen molar-refractivity contribution in [2.24, 2.45) is 11.8 Å². The normalized spacial score (nSPS) is 22.5. The smallest absolute Gasteiger partial charge is 0.256 e. The SMILES string of the molecule is O=C(Nc1ccccc1C(=O)N1CC[C@@H]2CNC[C@@H]2CC1)c1ccsc1. The molecule has 2 fully saturated rings. The molecule has 0 bridgehead atoms. The molecule has 2 saturated heterocycles. The maximum atomic E-state index is 13.1. The standard InChI is InChI=1S/C20H23N3O2S/c24-19(16-7-10-26-13-16)22-18-4-2-1-3-17(18)20(25)23-8-5-14-11-21-12-15(14)6-9-23/h1-4,7,10,13-15,21H,5-6,8-9,11-12H2,(H,22,24)/t14-,15+. The number of fused-ring (bicyclic) bond motifs is 1. The average Bonchev–Trinajstić information content (AvgIpc) is 3.31. The van der Waals surface area contributed by atoms with Gasteiger partial charge in [-0.2, -0.15) is 11.3 Å². The van der Waals surface area contributed by atoms with Gasteiger partial charge in [-0.1, -0.05) is 12.1 Å². The van der Waals surface area contributed by atoms with Crippen molar-refractivity contribution in [3.63, 3.8) is 0 Å². The zero-order valence-corrected chi connectivity index (χ0v) is 15.4. The Kier molecular flexibility index (Phi) is 5.04. The van der Waals surface area contributed by atoms with Crippen LogP contribution < -0.4 is 10.6 Å². The van der Waals surface area contributed by atoms with E-state index >= 15 is 0 Å². The summed E-state index contributed by atoms with van der Waals surface area (Å²) in [6.45, 7) is 3.71. The van der Waals surface area contributed by atoms with Crippen molar-refractivity contribution < 1.29 is 9.59 Å². The van der Waals surface area contributed by atoms with Crippen molar-refractivity contribution in [2.45, 2.75) is 12.8 Å². The van der Waals surface area contributed by atoms with Gasteiger partial charge < -0.3 is 15.5 Å². The van der Waals surface area contributed by atoms with E-state index in [2.05, 4.69) is 10.6 Å². The van der Waals surface area contributed by atoms with Crippen molar-refractivity contribution in [1.29, 1.82) is 0 Å². The van der Waals surface area contributed by atoms with Gasteiger partial charge in [-0.3, -0.25) is 9.59 Å². The molecule has 2 amide bonds. The second-order valence-corrected chi connectivity index (χ2v) is 7.84. The van der Waals surface area contributed by atoms with E-state index < -0.39 is 0 Å². The summed E-state index contributed by atoms with van der Waals surface area (Å²) in [5.41, 5.74) is 1.77. The maximum absolute atomic E-state index is 13.1. The second-order valence-electron chi connectivity index (χ2n) is 7.06. The van der Waals surface area contributed by atoms with Crippen LogP contribution in [-0.4, -0.2) is 42.9 Å². The molecule has 2 aliphatic rings. The van der Waals surface area contributed by atoms with Crippen LogP contribution in [0, 0.1) is 11.8 Å². The van der Waals surface area contributed by atoms with E-state index in [0.29, 0.717) is 28.7 Å². The molecule has 1 aromatic heterocycles. The molecule has 0 aliphatic carbocycles. The molecule has 0 saturated carbocycles. The molecule has 2 N–H and O–H groups in total. The third-order valence-electron chi connectivity index (χ3n) is 5.50. The van der Waals surface area contributed by atoms with Crippen LogP contribution in [0.3, 0.4) is 0 Å². The van der Waals surface area contributed by atoms with Crippen molar-refractivity contribution in [2.75, 3.05) is 31.5 Å². The zero-order valence-electron chi connectivity index (χ0n) is 14.6. The predicted octanol–water partition coefficient (Wildman–Crippen LogP) is 3.07. The molecule has 2 aromatic rings. The van der Waals surface area contributed by atoms with E-state index in [-0.39, 0.29) is 11.8 Å². The van der Waals surface area contributed by atoms with Gasteiger partial charge >= 0.3 is 0 Å². The quantitative estimate of drug-likeness (QED) is 0.874. The minimum atomic E-state index is -0.178.